The van der Waals surface area contributed by atoms with E-state index in [1.165, 1.54) is 25.1 Å². The van der Waals surface area contributed by atoms with Crippen molar-refractivity contribution < 1.29 is 64.0 Å². The monoisotopic (exact) mass is 657 g/mol. The van der Waals surface area contributed by atoms with Crippen molar-refractivity contribution in [2.24, 2.45) is 0 Å². The van der Waals surface area contributed by atoms with Crippen molar-refractivity contribution in [3.8, 4) is 17.2 Å². The van der Waals surface area contributed by atoms with Gasteiger partial charge < -0.3 is 49.6 Å². The molecular formula is C33H39NO13. The van der Waals surface area contributed by atoms with Gasteiger partial charge in [0.1, 0.15) is 35.2 Å². The predicted octanol–water partition coefficient (Wildman–Crippen LogP) is 1.22. The number of ketones is 3. The summed E-state index contributed by atoms with van der Waals surface area (Å²) in [5, 5.41) is 68.8. The lowest BCUT2D eigenvalue weighted by molar-refractivity contribution is -0.304. The Morgan fingerprint density at radius 2 is 1.74 bits per heavy atom. The first kappa shape index (κ1) is 33.4. The Bertz CT molecular complexity index is 1620. The molecule has 2 aliphatic heterocycles. The second-order valence-corrected chi connectivity index (χ2v) is 13.0. The molecule has 0 spiro atoms. The Morgan fingerprint density at radius 1 is 1.04 bits per heavy atom. The first-order valence-corrected chi connectivity index (χ1v) is 15.6. The fraction of sp³-hybridized carbons (Fsp3) is 0.545. The summed E-state index contributed by atoms with van der Waals surface area (Å²) in [6, 6.07) is 3.33. The SMILES string of the molecule is CC(=O)[C@]1(O)Cc2c(O)c3c(c(O)c2[C@H](O[C@H]2C[C@@H]4N[C@H](O)[C@@H](C)O[C@@H](C[C@H](C)O)O[C@H]4[C@H](C)O2)C1)C(=O)c1c(O)cccc1C3=O. The maximum atomic E-state index is 13.7. The molecule has 2 saturated heterocycles. The molecule has 2 aromatic rings. The van der Waals surface area contributed by atoms with E-state index < -0.39 is 113 Å². The third-order valence-electron chi connectivity index (χ3n) is 9.55. The topological polar surface area (TPSA) is 222 Å². The molecule has 6 rings (SSSR count). The van der Waals surface area contributed by atoms with Gasteiger partial charge in [0.25, 0.3) is 0 Å². The molecule has 2 heterocycles. The Labute approximate surface area is 269 Å². The van der Waals surface area contributed by atoms with Crippen molar-refractivity contribution >= 4 is 17.3 Å². The third kappa shape index (κ3) is 5.72. The van der Waals surface area contributed by atoms with Crippen LogP contribution in [-0.4, -0.2) is 103 Å². The number of aliphatic hydroxyl groups is 3. The molecule has 2 aliphatic carbocycles. The lowest BCUT2D eigenvalue weighted by Gasteiger charge is -2.46. The average Bonchev–Trinajstić information content (AvgIpc) is 2.98. The maximum absolute atomic E-state index is 13.7. The van der Waals surface area contributed by atoms with Crippen LogP contribution in [0.1, 0.15) is 96.0 Å². The summed E-state index contributed by atoms with van der Waals surface area (Å²) in [4.78, 5) is 39.9. The number of carbonyl (C=O) groups excluding carboxylic acids is 3. The second kappa shape index (κ2) is 12.2. The molecule has 0 saturated carbocycles. The van der Waals surface area contributed by atoms with Gasteiger partial charge in [0.2, 0.25) is 5.78 Å². The van der Waals surface area contributed by atoms with Crippen molar-refractivity contribution in [1.29, 1.82) is 0 Å². The van der Waals surface area contributed by atoms with E-state index in [9.17, 15) is 45.0 Å². The maximum Gasteiger partial charge on any atom is 0.202 e. The minimum absolute atomic E-state index is 0.0703. The number of phenols is 3. The third-order valence-corrected chi connectivity index (χ3v) is 9.55. The van der Waals surface area contributed by atoms with Crippen LogP contribution >= 0.6 is 0 Å². The molecule has 0 bridgehead atoms. The van der Waals surface area contributed by atoms with Gasteiger partial charge in [-0.05, 0) is 33.8 Å². The highest BCUT2D eigenvalue weighted by atomic mass is 16.7. The number of nitrogens with one attached hydrogen (secondary N) is 1. The van der Waals surface area contributed by atoms with Gasteiger partial charge in [0, 0.05) is 48.4 Å². The second-order valence-electron chi connectivity index (χ2n) is 13.0. The highest BCUT2D eigenvalue weighted by Gasteiger charge is 2.50. The van der Waals surface area contributed by atoms with Crippen molar-refractivity contribution in [3.05, 3.63) is 51.6 Å². The van der Waals surface area contributed by atoms with Crippen LogP contribution in [0.5, 0.6) is 17.2 Å². The van der Waals surface area contributed by atoms with E-state index in [1.807, 2.05) is 0 Å². The van der Waals surface area contributed by atoms with E-state index in [4.69, 9.17) is 18.9 Å². The van der Waals surface area contributed by atoms with E-state index in [1.54, 1.807) is 20.8 Å². The highest BCUT2D eigenvalue weighted by molar-refractivity contribution is 6.31. The largest absolute Gasteiger partial charge is 0.507 e. The molecule has 4 aliphatic rings. The molecule has 47 heavy (non-hydrogen) atoms. The lowest BCUT2D eigenvalue weighted by atomic mass is 9.72. The van der Waals surface area contributed by atoms with Crippen LogP contribution in [0, 0.1) is 0 Å². The van der Waals surface area contributed by atoms with Crippen molar-refractivity contribution in [2.75, 3.05) is 0 Å². The average molecular weight is 658 g/mol. The Kier molecular flexibility index (Phi) is 8.68. The van der Waals surface area contributed by atoms with Crippen LogP contribution in [0.4, 0.5) is 0 Å². The summed E-state index contributed by atoms with van der Waals surface area (Å²) >= 11 is 0. The zero-order valence-corrected chi connectivity index (χ0v) is 26.3. The molecule has 0 unspecified atom stereocenters. The number of aromatic hydroxyl groups is 3. The van der Waals surface area contributed by atoms with Gasteiger partial charge >= 0.3 is 0 Å². The van der Waals surface area contributed by atoms with E-state index in [2.05, 4.69) is 5.32 Å². The molecule has 0 amide bonds. The fourth-order valence-electron chi connectivity index (χ4n) is 7.09. The van der Waals surface area contributed by atoms with Gasteiger partial charge in [-0.2, -0.15) is 0 Å². The normalized spacial score (nSPS) is 34.3. The number of carbonyl (C=O) groups is 3. The van der Waals surface area contributed by atoms with Crippen molar-refractivity contribution in [1.82, 2.24) is 5.32 Å². The van der Waals surface area contributed by atoms with Gasteiger partial charge in [-0.15, -0.1) is 0 Å². The molecule has 14 heteroatoms. The van der Waals surface area contributed by atoms with Gasteiger partial charge in [0.05, 0.1) is 41.1 Å². The molecular weight excluding hydrogens is 618 g/mol. The quantitative estimate of drug-likeness (QED) is 0.192. The first-order chi connectivity index (χ1) is 22.1. The summed E-state index contributed by atoms with van der Waals surface area (Å²) in [6.07, 6.45) is -7.80. The number of benzene rings is 2. The summed E-state index contributed by atoms with van der Waals surface area (Å²) in [5.41, 5.74) is -3.86. The zero-order valence-electron chi connectivity index (χ0n) is 26.3. The number of rotatable bonds is 5. The Hall–Kier alpha value is -3.47. The van der Waals surface area contributed by atoms with E-state index in [-0.39, 0.29) is 41.5 Å². The molecule has 14 nitrogen and oxygen atoms in total. The summed E-state index contributed by atoms with van der Waals surface area (Å²) in [5.74, 6) is -4.23. The standard InChI is InChI=1S/C33H39NO13/c1-12(35)8-21-45-14(3)32(42)34-18-9-22(44-13(2)31(18)47-21)46-20-11-33(43,15(4)36)10-17-24(20)30(41)26-25(28(17)39)27(38)16-6-5-7-19(37)23(16)29(26)40/h5-7,12-14,18,20-22,31-32,34-35,37,39,41-43H,8-11H2,1-4H3/t12-,13-,14+,18-,20+,21+,22-,31-,32+,33-/m0/s1. The number of phenolic OH excluding ortho intramolecular Hbond substituents is 3. The van der Waals surface area contributed by atoms with Crippen LogP contribution in [0.15, 0.2) is 18.2 Å². The molecule has 0 aromatic heterocycles. The number of hydrogen-bond donors (Lipinski definition) is 7. The highest BCUT2D eigenvalue weighted by Crippen LogP contribution is 2.52. The number of fused-ring (bicyclic) bond motifs is 4. The zero-order chi connectivity index (χ0) is 34.1. The number of hydrogen-bond acceptors (Lipinski definition) is 14. The smallest absolute Gasteiger partial charge is 0.202 e. The van der Waals surface area contributed by atoms with Crippen molar-refractivity contribution in [3.63, 3.8) is 0 Å². The lowest BCUT2D eigenvalue weighted by Crippen LogP contribution is -2.62. The summed E-state index contributed by atoms with van der Waals surface area (Å²) in [7, 11) is 0. The molecule has 2 fully saturated rings. The first-order valence-electron chi connectivity index (χ1n) is 15.6. The van der Waals surface area contributed by atoms with Crippen LogP contribution in [0.2, 0.25) is 0 Å². The molecule has 7 N–H and O–H groups in total. The number of aliphatic hydroxyl groups excluding tert-OH is 2. The molecule has 0 radical (unpaired) electrons. The number of ether oxygens (including phenoxy) is 4. The Balaban J connectivity index is 1.38. The Morgan fingerprint density at radius 3 is 2.43 bits per heavy atom. The molecule has 254 valence electrons. The fourth-order valence-corrected chi connectivity index (χ4v) is 7.09. The van der Waals surface area contributed by atoms with Gasteiger partial charge in [-0.1, -0.05) is 12.1 Å². The minimum Gasteiger partial charge on any atom is -0.507 e. The molecule has 2 aromatic carbocycles. The van der Waals surface area contributed by atoms with Crippen LogP contribution in [-0.2, 0) is 30.2 Å². The van der Waals surface area contributed by atoms with Crippen LogP contribution < -0.4 is 5.32 Å². The van der Waals surface area contributed by atoms with E-state index in [0.29, 0.717) is 0 Å². The molecule has 10 atom stereocenters. The van der Waals surface area contributed by atoms with Gasteiger partial charge in [-0.25, -0.2) is 0 Å². The van der Waals surface area contributed by atoms with Crippen LogP contribution in [0.3, 0.4) is 0 Å². The minimum atomic E-state index is -2.07. The summed E-state index contributed by atoms with van der Waals surface area (Å²) in [6.45, 7) is 6.11. The number of Topliss-reactive ketones (excluding diaryl/α,β-unsaturated/α-hetero) is 1. The van der Waals surface area contributed by atoms with Gasteiger partial charge in [0.15, 0.2) is 24.1 Å². The van der Waals surface area contributed by atoms with Crippen molar-refractivity contribution in [2.45, 2.75) is 114 Å². The van der Waals surface area contributed by atoms with Gasteiger partial charge in [-0.3, -0.25) is 19.7 Å². The van der Waals surface area contributed by atoms with E-state index in [0.717, 1.165) is 0 Å². The van der Waals surface area contributed by atoms with Crippen LogP contribution in [0.25, 0.3) is 0 Å². The summed E-state index contributed by atoms with van der Waals surface area (Å²) < 4.78 is 24.4. The predicted molar refractivity (Wildman–Crippen MR) is 160 cm³/mol. The van der Waals surface area contributed by atoms with E-state index >= 15 is 0 Å².